The second-order valence-electron chi connectivity index (χ2n) is 4.32. The molecule has 18 heavy (non-hydrogen) atoms. The Hall–Kier alpha value is -0.650. The number of aromatic nitrogens is 2. The number of aryl methyl sites for hydroxylation is 1. The van der Waals surface area contributed by atoms with E-state index in [0.29, 0.717) is 6.04 Å². The van der Waals surface area contributed by atoms with Gasteiger partial charge in [-0.2, -0.15) is 5.10 Å². The van der Waals surface area contributed by atoms with E-state index >= 15 is 0 Å². The number of halogens is 1. The van der Waals surface area contributed by atoms with Crippen molar-refractivity contribution in [3.05, 3.63) is 38.8 Å². The molecule has 0 saturated carbocycles. The Bertz CT molecular complexity index is 492. The fourth-order valence-electron chi connectivity index (χ4n) is 1.99. The molecule has 0 aromatic carbocycles. The van der Waals surface area contributed by atoms with Crippen molar-refractivity contribution in [3.8, 4) is 0 Å². The highest BCUT2D eigenvalue weighted by Crippen LogP contribution is 2.25. The van der Waals surface area contributed by atoms with Crippen LogP contribution in [0.1, 0.15) is 30.0 Å². The second-order valence-corrected chi connectivity index (χ2v) is 6.23. The molecule has 0 fully saturated rings. The zero-order valence-electron chi connectivity index (χ0n) is 10.7. The summed E-state index contributed by atoms with van der Waals surface area (Å²) >= 11 is 5.31. The minimum absolute atomic E-state index is 0.336. The lowest BCUT2D eigenvalue weighted by molar-refractivity contribution is 0.496. The van der Waals surface area contributed by atoms with Gasteiger partial charge in [-0.3, -0.25) is 4.68 Å². The first-order valence-electron chi connectivity index (χ1n) is 6.15. The zero-order chi connectivity index (χ0) is 13.0. The van der Waals surface area contributed by atoms with E-state index in [1.165, 1.54) is 15.0 Å². The fourth-order valence-corrected chi connectivity index (χ4v) is 3.49. The summed E-state index contributed by atoms with van der Waals surface area (Å²) in [5.41, 5.74) is 1.24. The van der Waals surface area contributed by atoms with Gasteiger partial charge in [-0.25, -0.2) is 0 Å². The molecular weight excluding hydrogens is 310 g/mol. The van der Waals surface area contributed by atoms with Crippen LogP contribution in [0, 0.1) is 0 Å². The van der Waals surface area contributed by atoms with E-state index < -0.39 is 0 Å². The van der Waals surface area contributed by atoms with Crippen LogP contribution in [0.4, 0.5) is 0 Å². The molecule has 1 N–H and O–H groups in total. The van der Waals surface area contributed by atoms with Gasteiger partial charge in [0.2, 0.25) is 0 Å². The minimum Gasteiger partial charge on any atom is -0.308 e. The second kappa shape index (κ2) is 6.50. The van der Waals surface area contributed by atoms with Gasteiger partial charge in [0.25, 0.3) is 0 Å². The molecule has 0 saturated heterocycles. The van der Waals surface area contributed by atoms with E-state index in [1.807, 2.05) is 17.9 Å². The van der Waals surface area contributed by atoms with Crippen molar-refractivity contribution in [3.63, 3.8) is 0 Å². The van der Waals surface area contributed by atoms with Gasteiger partial charge in [0, 0.05) is 34.4 Å². The van der Waals surface area contributed by atoms with Gasteiger partial charge in [-0.05, 0) is 41.0 Å². The Balaban J connectivity index is 2.12. The number of nitrogens with one attached hydrogen (secondary N) is 1. The molecule has 98 valence electrons. The van der Waals surface area contributed by atoms with Gasteiger partial charge < -0.3 is 5.32 Å². The van der Waals surface area contributed by atoms with Crippen LogP contribution in [0.25, 0.3) is 0 Å². The highest BCUT2D eigenvalue weighted by atomic mass is 79.9. The third-order valence-corrected chi connectivity index (χ3v) is 4.60. The van der Waals surface area contributed by atoms with Crippen LogP contribution < -0.4 is 5.32 Å². The number of rotatable bonds is 6. The first-order chi connectivity index (χ1) is 8.70. The molecule has 5 heteroatoms. The van der Waals surface area contributed by atoms with Crippen molar-refractivity contribution in [2.45, 2.75) is 25.8 Å². The summed E-state index contributed by atoms with van der Waals surface area (Å²) in [7, 11) is 2.00. The van der Waals surface area contributed by atoms with E-state index in [2.05, 4.69) is 50.8 Å². The van der Waals surface area contributed by atoms with E-state index in [4.69, 9.17) is 0 Å². The number of nitrogens with zero attached hydrogens (tertiary/aromatic N) is 2. The zero-order valence-corrected chi connectivity index (χ0v) is 13.1. The maximum absolute atomic E-state index is 4.26. The van der Waals surface area contributed by atoms with Crippen molar-refractivity contribution < 1.29 is 0 Å². The number of thiophene rings is 1. The summed E-state index contributed by atoms with van der Waals surface area (Å²) in [5.74, 6) is 0. The quantitative estimate of drug-likeness (QED) is 0.879. The normalized spacial score (nSPS) is 12.8. The lowest BCUT2D eigenvalue weighted by Crippen LogP contribution is -2.25. The Morgan fingerprint density at radius 3 is 2.94 bits per heavy atom. The average Bonchev–Trinajstić information content (AvgIpc) is 2.93. The largest absolute Gasteiger partial charge is 0.308 e. The molecule has 3 nitrogen and oxygen atoms in total. The molecule has 0 aliphatic heterocycles. The van der Waals surface area contributed by atoms with Crippen LogP contribution in [-0.2, 0) is 13.5 Å². The molecule has 0 aliphatic carbocycles. The van der Waals surface area contributed by atoms with Gasteiger partial charge in [0.1, 0.15) is 0 Å². The molecule has 0 bridgehead atoms. The Morgan fingerprint density at radius 2 is 2.39 bits per heavy atom. The fraction of sp³-hybridized carbons (Fsp3) is 0.462. The van der Waals surface area contributed by atoms with Crippen molar-refractivity contribution in [1.82, 2.24) is 15.1 Å². The Kier molecular flexibility index (Phi) is 4.97. The number of hydrogen-bond acceptors (Lipinski definition) is 3. The van der Waals surface area contributed by atoms with Crippen molar-refractivity contribution in [2.75, 3.05) is 6.54 Å². The molecular formula is C13H18BrN3S. The summed E-state index contributed by atoms with van der Waals surface area (Å²) in [4.78, 5) is 1.39. The molecule has 0 aliphatic rings. The van der Waals surface area contributed by atoms with Crippen LogP contribution in [0.2, 0.25) is 0 Å². The molecule has 2 aromatic rings. The molecule has 2 heterocycles. The summed E-state index contributed by atoms with van der Waals surface area (Å²) in [5, 5.41) is 10.00. The van der Waals surface area contributed by atoms with Gasteiger partial charge in [-0.1, -0.05) is 6.92 Å². The van der Waals surface area contributed by atoms with Gasteiger partial charge in [-0.15, -0.1) is 11.3 Å². The Labute approximate surface area is 120 Å². The monoisotopic (exact) mass is 327 g/mol. The summed E-state index contributed by atoms with van der Waals surface area (Å²) in [6.07, 6.45) is 4.01. The predicted octanol–water partition coefficient (Wildman–Crippen LogP) is 3.53. The van der Waals surface area contributed by atoms with E-state index in [-0.39, 0.29) is 0 Å². The highest BCUT2D eigenvalue weighted by molar-refractivity contribution is 9.10. The minimum atomic E-state index is 0.336. The van der Waals surface area contributed by atoms with Crippen LogP contribution in [0.5, 0.6) is 0 Å². The van der Waals surface area contributed by atoms with Crippen molar-refractivity contribution >= 4 is 27.3 Å². The lowest BCUT2D eigenvalue weighted by atomic mass is 10.1. The SMILES string of the molecule is CCCNC(Cc1cc(Br)cs1)c1ccnn1C. The summed E-state index contributed by atoms with van der Waals surface area (Å²) in [6, 6.07) is 4.63. The lowest BCUT2D eigenvalue weighted by Gasteiger charge is -2.18. The van der Waals surface area contributed by atoms with E-state index in [0.717, 1.165) is 19.4 Å². The van der Waals surface area contributed by atoms with Crippen molar-refractivity contribution in [2.24, 2.45) is 7.05 Å². The van der Waals surface area contributed by atoms with Crippen molar-refractivity contribution in [1.29, 1.82) is 0 Å². The van der Waals surface area contributed by atoms with E-state index in [1.54, 1.807) is 11.3 Å². The van der Waals surface area contributed by atoms with Crippen LogP contribution in [-0.4, -0.2) is 16.3 Å². The highest BCUT2D eigenvalue weighted by Gasteiger charge is 2.15. The molecule has 1 unspecified atom stereocenters. The summed E-state index contributed by atoms with van der Waals surface area (Å²) in [6.45, 7) is 3.22. The topological polar surface area (TPSA) is 29.9 Å². The third kappa shape index (κ3) is 3.43. The first-order valence-corrected chi connectivity index (χ1v) is 7.82. The van der Waals surface area contributed by atoms with Gasteiger partial charge in [0.15, 0.2) is 0 Å². The van der Waals surface area contributed by atoms with Crippen LogP contribution in [0.15, 0.2) is 28.2 Å². The van der Waals surface area contributed by atoms with Crippen LogP contribution >= 0.6 is 27.3 Å². The smallest absolute Gasteiger partial charge is 0.0553 e. The molecule has 1 atom stereocenters. The van der Waals surface area contributed by atoms with Gasteiger partial charge >= 0.3 is 0 Å². The molecule has 0 spiro atoms. The standard InChI is InChI=1S/C13H18BrN3S/c1-3-5-15-12(13-4-6-16-17(13)2)8-11-7-10(14)9-18-11/h4,6-7,9,12,15H,3,5,8H2,1-2H3. The number of hydrogen-bond donors (Lipinski definition) is 1. The third-order valence-electron chi connectivity index (χ3n) is 2.88. The maximum atomic E-state index is 4.26. The average molecular weight is 328 g/mol. The molecule has 0 radical (unpaired) electrons. The maximum Gasteiger partial charge on any atom is 0.0553 e. The summed E-state index contributed by atoms with van der Waals surface area (Å²) < 4.78 is 3.12. The van der Waals surface area contributed by atoms with E-state index in [9.17, 15) is 0 Å². The Morgan fingerprint density at radius 1 is 1.56 bits per heavy atom. The van der Waals surface area contributed by atoms with Gasteiger partial charge in [0.05, 0.1) is 11.7 Å². The molecule has 2 rings (SSSR count). The molecule has 0 amide bonds. The van der Waals surface area contributed by atoms with Crippen LogP contribution in [0.3, 0.4) is 0 Å². The first kappa shape index (κ1) is 13.8. The molecule has 2 aromatic heterocycles. The predicted molar refractivity (Wildman–Crippen MR) is 80.0 cm³/mol.